The van der Waals surface area contributed by atoms with Crippen molar-refractivity contribution >= 4 is 23.4 Å². The molecule has 38 heavy (non-hydrogen) atoms. The molecule has 2 aliphatic rings. The van der Waals surface area contributed by atoms with E-state index in [0.29, 0.717) is 57.7 Å². The topological polar surface area (TPSA) is 123 Å². The van der Waals surface area contributed by atoms with E-state index in [9.17, 15) is 19.7 Å². The van der Waals surface area contributed by atoms with Gasteiger partial charge in [0.2, 0.25) is 5.91 Å². The van der Waals surface area contributed by atoms with E-state index in [-0.39, 0.29) is 29.4 Å². The Kier molecular flexibility index (Phi) is 7.79. The molecular formula is C26H36N6O6. The number of hydrogen-bond acceptors (Lipinski definition) is 8. The minimum atomic E-state index is -0.553. The normalized spacial score (nSPS) is 16.9. The summed E-state index contributed by atoms with van der Waals surface area (Å²) in [5, 5.41) is 15.9. The van der Waals surface area contributed by atoms with Gasteiger partial charge in [-0.1, -0.05) is 0 Å². The molecule has 0 radical (unpaired) electrons. The SMILES string of the molecule is COc1cc(N2CCC(C(=O)N3CCN(C(=O)OC(C)(C)C)CC3)CC2)c(-c2cnn(C)c2)cc1[N+](=O)[O-]. The number of carbonyl (C=O) groups excluding carboxylic acids is 2. The van der Waals surface area contributed by atoms with E-state index >= 15 is 0 Å². The van der Waals surface area contributed by atoms with Crippen LogP contribution in [0.3, 0.4) is 0 Å². The molecule has 2 aromatic rings. The van der Waals surface area contributed by atoms with Crippen LogP contribution in [0.1, 0.15) is 33.6 Å². The highest BCUT2D eigenvalue weighted by Crippen LogP contribution is 2.41. The van der Waals surface area contributed by atoms with Crippen molar-refractivity contribution in [1.82, 2.24) is 19.6 Å². The summed E-state index contributed by atoms with van der Waals surface area (Å²) in [5.41, 5.74) is 1.63. The van der Waals surface area contributed by atoms with E-state index in [1.807, 2.05) is 31.9 Å². The summed E-state index contributed by atoms with van der Waals surface area (Å²) in [7, 11) is 3.22. The van der Waals surface area contributed by atoms with Gasteiger partial charge >= 0.3 is 11.8 Å². The molecule has 0 spiro atoms. The maximum absolute atomic E-state index is 13.3. The standard InChI is InChI=1S/C26H36N6O6/c1-26(2,3)38-25(34)31-12-10-30(11-13-31)24(33)18-6-8-29(9-7-18)21-15-23(37-5)22(32(35)36)14-20(21)19-16-27-28(4)17-19/h14-18H,6-13H2,1-5H3. The van der Waals surface area contributed by atoms with Crippen LogP contribution in [0.4, 0.5) is 16.2 Å². The number of ether oxygens (including phenoxy) is 2. The summed E-state index contributed by atoms with van der Waals surface area (Å²) in [6, 6.07) is 3.24. The van der Waals surface area contributed by atoms with E-state index in [0.717, 1.165) is 11.3 Å². The molecule has 2 fully saturated rings. The number of anilines is 1. The Bertz CT molecular complexity index is 1190. The lowest BCUT2D eigenvalue weighted by molar-refractivity contribution is -0.385. The molecule has 2 saturated heterocycles. The van der Waals surface area contributed by atoms with Crippen LogP contribution < -0.4 is 9.64 Å². The number of methoxy groups -OCH3 is 1. The number of nitro groups is 1. The molecule has 12 nitrogen and oxygen atoms in total. The molecular weight excluding hydrogens is 492 g/mol. The highest BCUT2D eigenvalue weighted by atomic mass is 16.6. The van der Waals surface area contributed by atoms with Crippen molar-refractivity contribution in [3.63, 3.8) is 0 Å². The fraction of sp³-hybridized carbons (Fsp3) is 0.577. The van der Waals surface area contributed by atoms with E-state index in [1.54, 1.807) is 28.9 Å². The molecule has 4 rings (SSSR count). The summed E-state index contributed by atoms with van der Waals surface area (Å²) in [6.07, 6.45) is 4.49. The van der Waals surface area contributed by atoms with E-state index < -0.39 is 10.5 Å². The van der Waals surface area contributed by atoms with Crippen LogP contribution >= 0.6 is 0 Å². The summed E-state index contributed by atoms with van der Waals surface area (Å²) in [6.45, 7) is 8.65. The third-order valence-corrected chi connectivity index (χ3v) is 6.94. The Balaban J connectivity index is 1.42. The minimum absolute atomic E-state index is 0.106. The number of nitrogens with zero attached hydrogens (tertiary/aromatic N) is 6. The second kappa shape index (κ2) is 10.9. The number of piperazine rings is 1. The fourth-order valence-corrected chi connectivity index (χ4v) is 4.98. The van der Waals surface area contributed by atoms with Crippen molar-refractivity contribution in [3.8, 4) is 16.9 Å². The van der Waals surface area contributed by atoms with Crippen molar-refractivity contribution in [3.05, 3.63) is 34.6 Å². The number of benzene rings is 1. The van der Waals surface area contributed by atoms with Crippen LogP contribution in [0.15, 0.2) is 24.5 Å². The molecule has 2 amide bonds. The highest BCUT2D eigenvalue weighted by molar-refractivity contribution is 5.83. The van der Waals surface area contributed by atoms with Gasteiger partial charge in [0, 0.05) is 87.4 Å². The van der Waals surface area contributed by atoms with Gasteiger partial charge in [-0.05, 0) is 33.6 Å². The van der Waals surface area contributed by atoms with Crippen molar-refractivity contribution in [2.75, 3.05) is 51.3 Å². The van der Waals surface area contributed by atoms with Gasteiger partial charge in [0.05, 0.1) is 18.2 Å². The van der Waals surface area contributed by atoms with Gasteiger partial charge in [0.15, 0.2) is 5.75 Å². The fourth-order valence-electron chi connectivity index (χ4n) is 4.98. The molecule has 1 aromatic carbocycles. The first kappa shape index (κ1) is 27.2. The van der Waals surface area contributed by atoms with E-state index in [4.69, 9.17) is 9.47 Å². The van der Waals surface area contributed by atoms with Crippen molar-refractivity contribution in [2.24, 2.45) is 13.0 Å². The molecule has 1 aromatic heterocycles. The van der Waals surface area contributed by atoms with Crippen LogP contribution in [0.2, 0.25) is 0 Å². The molecule has 206 valence electrons. The predicted molar refractivity (Wildman–Crippen MR) is 141 cm³/mol. The molecule has 0 unspecified atom stereocenters. The summed E-state index contributed by atoms with van der Waals surface area (Å²) < 4.78 is 12.4. The van der Waals surface area contributed by atoms with Crippen LogP contribution in [-0.2, 0) is 16.6 Å². The summed E-state index contributed by atoms with van der Waals surface area (Å²) in [4.78, 5) is 42.5. The number of amides is 2. The number of aryl methyl sites for hydroxylation is 1. The van der Waals surface area contributed by atoms with Gasteiger partial charge in [-0.3, -0.25) is 19.6 Å². The van der Waals surface area contributed by atoms with Crippen LogP contribution in [0, 0.1) is 16.0 Å². The predicted octanol–water partition coefficient (Wildman–Crippen LogP) is 3.30. The van der Waals surface area contributed by atoms with Gasteiger partial charge in [-0.15, -0.1) is 0 Å². The smallest absolute Gasteiger partial charge is 0.410 e. The van der Waals surface area contributed by atoms with E-state index in [1.165, 1.54) is 13.2 Å². The Morgan fingerprint density at radius 3 is 2.21 bits per heavy atom. The second-order valence-electron chi connectivity index (χ2n) is 10.8. The average molecular weight is 529 g/mol. The number of rotatable bonds is 5. The molecule has 0 bridgehead atoms. The quantitative estimate of drug-likeness (QED) is 0.428. The van der Waals surface area contributed by atoms with Crippen molar-refractivity contribution in [1.29, 1.82) is 0 Å². The molecule has 3 heterocycles. The Hall–Kier alpha value is -3.83. The first-order valence-electron chi connectivity index (χ1n) is 12.8. The van der Waals surface area contributed by atoms with Crippen LogP contribution in [0.5, 0.6) is 5.75 Å². The lowest BCUT2D eigenvalue weighted by Gasteiger charge is -2.39. The van der Waals surface area contributed by atoms with Gasteiger partial charge < -0.3 is 24.2 Å². The highest BCUT2D eigenvalue weighted by Gasteiger charge is 2.33. The average Bonchev–Trinajstić information content (AvgIpc) is 3.32. The number of piperidine rings is 1. The van der Waals surface area contributed by atoms with Crippen LogP contribution in [-0.4, -0.2) is 88.5 Å². The third-order valence-electron chi connectivity index (χ3n) is 6.94. The largest absolute Gasteiger partial charge is 0.490 e. The molecule has 2 aliphatic heterocycles. The molecule has 0 aliphatic carbocycles. The van der Waals surface area contributed by atoms with Gasteiger partial charge in [0.25, 0.3) is 0 Å². The van der Waals surface area contributed by atoms with Gasteiger partial charge in [0.1, 0.15) is 5.60 Å². The minimum Gasteiger partial charge on any atom is -0.490 e. The Labute approximate surface area is 222 Å². The van der Waals surface area contributed by atoms with Crippen molar-refractivity contribution < 1.29 is 24.0 Å². The zero-order valence-corrected chi connectivity index (χ0v) is 22.7. The third kappa shape index (κ3) is 6.00. The Morgan fingerprint density at radius 1 is 1.05 bits per heavy atom. The zero-order valence-electron chi connectivity index (χ0n) is 22.7. The summed E-state index contributed by atoms with van der Waals surface area (Å²) >= 11 is 0. The number of aromatic nitrogens is 2. The lowest BCUT2D eigenvalue weighted by atomic mass is 9.93. The molecule has 0 N–H and O–H groups in total. The Morgan fingerprint density at radius 2 is 1.68 bits per heavy atom. The number of hydrogen-bond donors (Lipinski definition) is 0. The van der Waals surface area contributed by atoms with Crippen LogP contribution in [0.25, 0.3) is 11.1 Å². The first-order chi connectivity index (χ1) is 18.0. The lowest BCUT2D eigenvalue weighted by Crippen LogP contribution is -2.53. The molecule has 0 atom stereocenters. The van der Waals surface area contributed by atoms with Crippen molar-refractivity contribution in [2.45, 2.75) is 39.2 Å². The van der Waals surface area contributed by atoms with E-state index in [2.05, 4.69) is 10.00 Å². The number of nitro benzene ring substituents is 1. The van der Waals surface area contributed by atoms with Gasteiger partial charge in [-0.25, -0.2) is 4.79 Å². The summed E-state index contributed by atoms with van der Waals surface area (Å²) in [5.74, 6) is 0.196. The maximum Gasteiger partial charge on any atom is 0.410 e. The molecule has 12 heteroatoms. The second-order valence-corrected chi connectivity index (χ2v) is 10.8. The maximum atomic E-state index is 13.3. The number of carbonyl (C=O) groups is 2. The monoisotopic (exact) mass is 528 g/mol. The van der Waals surface area contributed by atoms with Gasteiger partial charge in [-0.2, -0.15) is 5.10 Å². The molecule has 0 saturated carbocycles. The first-order valence-corrected chi connectivity index (χ1v) is 12.8. The zero-order chi connectivity index (χ0) is 27.6.